The Hall–Kier alpha value is -3.46. The van der Waals surface area contributed by atoms with Crippen molar-refractivity contribution in [2.24, 2.45) is 11.1 Å². The summed E-state index contributed by atoms with van der Waals surface area (Å²) in [5.41, 5.74) is 6.36. The lowest BCUT2D eigenvalue weighted by Crippen LogP contribution is -2.52. The lowest BCUT2D eigenvalue weighted by atomic mass is 9.72. The van der Waals surface area contributed by atoms with Crippen molar-refractivity contribution < 1.29 is 23.5 Å². The summed E-state index contributed by atoms with van der Waals surface area (Å²) in [6.07, 6.45) is 6.67. The average molecular weight is 507 g/mol. The summed E-state index contributed by atoms with van der Waals surface area (Å²) in [6, 6.07) is 9.75. The van der Waals surface area contributed by atoms with Gasteiger partial charge in [0, 0.05) is 11.8 Å². The van der Waals surface area contributed by atoms with Crippen LogP contribution in [0.5, 0.6) is 5.88 Å². The van der Waals surface area contributed by atoms with E-state index in [9.17, 15) is 9.59 Å². The van der Waals surface area contributed by atoms with E-state index in [-0.39, 0.29) is 11.9 Å². The number of methoxy groups -OCH3 is 1. The van der Waals surface area contributed by atoms with E-state index in [0.717, 1.165) is 62.6 Å². The van der Waals surface area contributed by atoms with Gasteiger partial charge in [0.1, 0.15) is 0 Å². The maximum atomic E-state index is 13.5. The second kappa shape index (κ2) is 10.9. The van der Waals surface area contributed by atoms with Gasteiger partial charge < -0.3 is 24.5 Å². The minimum atomic E-state index is -0.608. The molecule has 3 saturated heterocycles. The summed E-state index contributed by atoms with van der Waals surface area (Å²) in [6.45, 7) is 2.81. The van der Waals surface area contributed by atoms with Crippen LogP contribution in [0.25, 0.3) is 22.2 Å². The van der Waals surface area contributed by atoms with Crippen LogP contribution in [0.4, 0.5) is 0 Å². The van der Waals surface area contributed by atoms with Crippen LogP contribution in [0, 0.1) is 5.41 Å². The quantitative estimate of drug-likeness (QED) is 0.300. The molecule has 9 heteroatoms. The molecule has 0 saturated carbocycles. The molecule has 1 aromatic carbocycles. The minimum Gasteiger partial charge on any atom is -0.480 e. The zero-order valence-corrected chi connectivity index (χ0v) is 21.3. The highest BCUT2D eigenvalue weighted by atomic mass is 16.6. The molecular weight excluding hydrogens is 472 g/mol. The molecule has 0 radical (unpaired) electrons. The monoisotopic (exact) mass is 506 g/mol. The number of para-hydroxylation sites is 1. The fraction of sp³-hybridized carbons (Fsp3) is 0.500. The summed E-state index contributed by atoms with van der Waals surface area (Å²) >= 11 is 0. The molecular formula is C28H34N4O5. The summed E-state index contributed by atoms with van der Waals surface area (Å²) in [4.78, 5) is 36.1. The number of piperidine rings is 3. The number of nitrogens with two attached hydrogens (primary N) is 1. The van der Waals surface area contributed by atoms with Crippen LogP contribution in [0.3, 0.4) is 0 Å². The molecule has 6 rings (SSSR count). The fourth-order valence-corrected chi connectivity index (χ4v) is 5.42. The Morgan fingerprint density at radius 1 is 1.14 bits per heavy atom. The number of pyridine rings is 1. The number of esters is 1. The molecule has 2 N–H and O–H groups in total. The van der Waals surface area contributed by atoms with Gasteiger partial charge in [-0.1, -0.05) is 24.6 Å². The van der Waals surface area contributed by atoms with Gasteiger partial charge in [0.15, 0.2) is 11.9 Å². The zero-order valence-electron chi connectivity index (χ0n) is 21.3. The normalized spacial score (nSPS) is 21.6. The SMILES string of the molecule is COc1nc2ccccc2cc1-c1cnc(C(CCCCCC(N)=O)OC(=O)C23CCN(CC2)CC3)o1. The Bertz CT molecular complexity index is 1250. The molecule has 0 spiro atoms. The molecule has 1 amide bonds. The van der Waals surface area contributed by atoms with Crippen LogP contribution in [0.2, 0.25) is 0 Å². The van der Waals surface area contributed by atoms with Crippen molar-refractivity contribution in [3.05, 3.63) is 42.4 Å². The summed E-state index contributed by atoms with van der Waals surface area (Å²) in [7, 11) is 1.57. The number of ether oxygens (including phenoxy) is 2. The third-order valence-electron chi connectivity index (χ3n) is 7.74. The number of hydrogen-bond donors (Lipinski definition) is 1. The Kier molecular flexibility index (Phi) is 7.41. The second-order valence-electron chi connectivity index (χ2n) is 10.1. The van der Waals surface area contributed by atoms with Gasteiger partial charge >= 0.3 is 5.97 Å². The maximum absolute atomic E-state index is 13.5. The molecule has 5 heterocycles. The van der Waals surface area contributed by atoms with Crippen molar-refractivity contribution in [2.45, 2.75) is 57.5 Å². The van der Waals surface area contributed by atoms with Gasteiger partial charge in [0.25, 0.3) is 0 Å². The van der Waals surface area contributed by atoms with Gasteiger partial charge in [0.2, 0.25) is 17.7 Å². The van der Waals surface area contributed by atoms with Crippen molar-refractivity contribution in [1.82, 2.24) is 14.9 Å². The van der Waals surface area contributed by atoms with Crippen LogP contribution in [0.1, 0.15) is 63.4 Å². The van der Waals surface area contributed by atoms with Crippen molar-refractivity contribution in [2.75, 3.05) is 26.7 Å². The van der Waals surface area contributed by atoms with Gasteiger partial charge in [-0.05, 0) is 70.3 Å². The van der Waals surface area contributed by atoms with Gasteiger partial charge in [0.05, 0.1) is 29.8 Å². The number of carbonyl (C=O) groups excluding carboxylic acids is 2. The molecule has 2 bridgehead atoms. The van der Waals surface area contributed by atoms with E-state index in [1.807, 2.05) is 30.3 Å². The molecule has 0 aliphatic carbocycles. The molecule has 1 atom stereocenters. The third-order valence-corrected chi connectivity index (χ3v) is 7.74. The number of primary amides is 1. The first-order valence-electron chi connectivity index (χ1n) is 13.1. The van der Waals surface area contributed by atoms with Crippen LogP contribution >= 0.6 is 0 Å². The van der Waals surface area contributed by atoms with E-state index in [4.69, 9.17) is 19.6 Å². The number of benzene rings is 1. The van der Waals surface area contributed by atoms with Crippen molar-refractivity contribution in [3.63, 3.8) is 0 Å². The fourth-order valence-electron chi connectivity index (χ4n) is 5.42. The predicted molar refractivity (Wildman–Crippen MR) is 138 cm³/mol. The van der Waals surface area contributed by atoms with E-state index in [1.54, 1.807) is 13.3 Å². The smallest absolute Gasteiger partial charge is 0.313 e. The first-order chi connectivity index (χ1) is 18.0. The molecule has 196 valence electrons. The second-order valence-corrected chi connectivity index (χ2v) is 10.1. The van der Waals surface area contributed by atoms with Crippen molar-refractivity contribution in [3.8, 4) is 17.2 Å². The van der Waals surface area contributed by atoms with Crippen LogP contribution in [0.15, 0.2) is 40.9 Å². The van der Waals surface area contributed by atoms with E-state index in [1.165, 1.54) is 0 Å². The number of rotatable bonds is 11. The molecule has 9 nitrogen and oxygen atoms in total. The highest BCUT2D eigenvalue weighted by Gasteiger charge is 2.47. The lowest BCUT2D eigenvalue weighted by molar-refractivity contribution is -0.171. The standard InChI is InChI=1S/C28H34N4O5/c1-35-25-20(17-19-7-5-6-8-21(19)31-25)23-18-30-26(36-23)22(9-3-2-4-10-24(29)33)37-27(34)28-11-14-32(15-12-28)16-13-28/h5-8,17-18,22H,2-4,9-16H2,1H3,(H2,29,33). The topological polar surface area (TPSA) is 121 Å². The Morgan fingerprint density at radius 2 is 1.89 bits per heavy atom. The number of nitrogens with zero attached hydrogens (tertiary/aromatic N) is 3. The number of oxazole rings is 1. The van der Waals surface area contributed by atoms with E-state index < -0.39 is 11.5 Å². The lowest BCUT2D eigenvalue weighted by Gasteiger charge is -2.46. The first-order valence-corrected chi connectivity index (χ1v) is 13.1. The first kappa shape index (κ1) is 25.2. The predicted octanol–water partition coefficient (Wildman–Crippen LogP) is 4.40. The number of fused-ring (bicyclic) bond motifs is 4. The summed E-state index contributed by atoms with van der Waals surface area (Å²) in [5, 5.41) is 0.955. The maximum Gasteiger partial charge on any atom is 0.313 e. The van der Waals surface area contributed by atoms with Crippen LogP contribution in [-0.4, -0.2) is 53.5 Å². The van der Waals surface area contributed by atoms with E-state index in [2.05, 4.69) is 14.9 Å². The zero-order chi connectivity index (χ0) is 25.8. The highest BCUT2D eigenvalue weighted by molar-refractivity contribution is 5.85. The number of amides is 1. The van der Waals surface area contributed by atoms with Crippen LogP contribution in [-0.2, 0) is 14.3 Å². The Morgan fingerprint density at radius 3 is 2.62 bits per heavy atom. The number of aromatic nitrogens is 2. The average Bonchev–Trinajstić information content (AvgIpc) is 3.42. The van der Waals surface area contributed by atoms with Crippen molar-refractivity contribution in [1.29, 1.82) is 0 Å². The Balaban J connectivity index is 1.37. The molecule has 37 heavy (non-hydrogen) atoms. The molecule has 3 aliphatic heterocycles. The summed E-state index contributed by atoms with van der Waals surface area (Å²) < 4.78 is 17.9. The number of unbranched alkanes of at least 4 members (excludes halogenated alkanes) is 2. The summed E-state index contributed by atoms with van der Waals surface area (Å²) in [5.74, 6) is 0.844. The van der Waals surface area contributed by atoms with Gasteiger partial charge in [-0.15, -0.1) is 0 Å². The molecule has 3 aliphatic rings. The molecule has 3 fully saturated rings. The highest BCUT2D eigenvalue weighted by Crippen LogP contribution is 2.43. The third kappa shape index (κ3) is 5.46. The van der Waals surface area contributed by atoms with Gasteiger partial charge in [-0.3, -0.25) is 9.59 Å². The van der Waals surface area contributed by atoms with Gasteiger partial charge in [-0.25, -0.2) is 9.97 Å². The minimum absolute atomic E-state index is 0.154. The molecule has 1 unspecified atom stereocenters. The number of carbonyl (C=O) groups is 2. The molecule has 3 aromatic rings. The van der Waals surface area contributed by atoms with E-state index >= 15 is 0 Å². The van der Waals surface area contributed by atoms with Crippen molar-refractivity contribution >= 4 is 22.8 Å². The molecule has 2 aromatic heterocycles. The largest absolute Gasteiger partial charge is 0.480 e. The van der Waals surface area contributed by atoms with Crippen LogP contribution < -0.4 is 10.5 Å². The number of hydrogen-bond acceptors (Lipinski definition) is 8. The van der Waals surface area contributed by atoms with Gasteiger partial charge in [-0.2, -0.15) is 0 Å². The van der Waals surface area contributed by atoms with E-state index in [0.29, 0.717) is 42.4 Å². The Labute approximate surface area is 216 Å².